The molecule has 5 heteroatoms. The molecule has 2 heterocycles. The van der Waals surface area contributed by atoms with Crippen LogP contribution in [0.15, 0.2) is 69.1 Å². The number of rotatable bonds is 3. The summed E-state index contributed by atoms with van der Waals surface area (Å²) in [4.78, 5) is 17.0. The second-order valence-corrected chi connectivity index (χ2v) is 5.70. The largest absolute Gasteiger partial charge is 0.465 e. The van der Waals surface area contributed by atoms with Crippen LogP contribution in [0.25, 0.3) is 6.08 Å². The van der Waals surface area contributed by atoms with Crippen LogP contribution in [0.3, 0.4) is 0 Å². The number of nitrogens with zero attached hydrogens (tertiary/aromatic N) is 1. The molecular formula is C17H14N2O2S. The first-order valence-corrected chi connectivity index (χ1v) is 7.59. The normalized spacial score (nSPS) is 18.5. The van der Waals surface area contributed by atoms with Crippen LogP contribution < -0.4 is 5.32 Å². The van der Waals surface area contributed by atoms with E-state index in [0.29, 0.717) is 10.1 Å². The number of para-hydroxylation sites is 1. The van der Waals surface area contributed by atoms with Crippen LogP contribution in [0.1, 0.15) is 11.3 Å². The van der Waals surface area contributed by atoms with Crippen molar-refractivity contribution < 1.29 is 9.21 Å². The van der Waals surface area contributed by atoms with Crippen molar-refractivity contribution in [3.05, 3.63) is 71.0 Å². The highest BCUT2D eigenvalue weighted by atomic mass is 32.2. The van der Waals surface area contributed by atoms with Gasteiger partial charge in [-0.25, -0.2) is 4.99 Å². The lowest BCUT2D eigenvalue weighted by Gasteiger charge is -1.99. The fourth-order valence-electron chi connectivity index (χ4n) is 1.91. The summed E-state index contributed by atoms with van der Waals surface area (Å²) >= 11 is 1.33. The van der Waals surface area contributed by atoms with Crippen LogP contribution in [0.2, 0.25) is 0 Å². The number of aliphatic imine (C=N–C) groups is 1. The highest BCUT2D eigenvalue weighted by Crippen LogP contribution is 2.27. The van der Waals surface area contributed by atoms with Crippen molar-refractivity contribution in [1.82, 2.24) is 5.32 Å². The summed E-state index contributed by atoms with van der Waals surface area (Å²) in [5.41, 5.74) is 1.93. The Morgan fingerprint density at radius 3 is 2.86 bits per heavy atom. The molecule has 0 saturated carbocycles. The molecule has 4 nitrogen and oxygen atoms in total. The predicted octanol–water partition coefficient (Wildman–Crippen LogP) is 4.04. The lowest BCUT2D eigenvalue weighted by atomic mass is 10.2. The van der Waals surface area contributed by atoms with E-state index in [2.05, 4.69) is 10.3 Å². The molecule has 1 fully saturated rings. The molecule has 0 atom stereocenters. The molecule has 0 unspecified atom stereocenters. The number of thioether (sulfide) groups is 1. The topological polar surface area (TPSA) is 54.6 Å². The summed E-state index contributed by atoms with van der Waals surface area (Å²) in [6, 6.07) is 11.5. The number of allylic oxidation sites excluding steroid dienone is 2. The SMILES string of the molecule is Cc1ccccc1N=C1NC(=O)C(=CC=Cc2ccco2)S1. The third-order valence-corrected chi connectivity index (χ3v) is 3.97. The van der Waals surface area contributed by atoms with Gasteiger partial charge in [-0.2, -0.15) is 0 Å². The average Bonchev–Trinajstić information content (AvgIpc) is 3.12. The van der Waals surface area contributed by atoms with Crippen LogP contribution in [-0.4, -0.2) is 11.1 Å². The van der Waals surface area contributed by atoms with E-state index in [0.717, 1.165) is 17.0 Å². The van der Waals surface area contributed by atoms with Crippen molar-refractivity contribution >= 4 is 34.6 Å². The number of furan rings is 1. The first-order valence-electron chi connectivity index (χ1n) is 6.78. The Hall–Kier alpha value is -2.53. The molecule has 1 amide bonds. The summed E-state index contributed by atoms with van der Waals surface area (Å²) in [7, 11) is 0. The van der Waals surface area contributed by atoms with Gasteiger partial charge in [-0.1, -0.05) is 24.3 Å². The van der Waals surface area contributed by atoms with Crippen LogP contribution in [0.4, 0.5) is 5.69 Å². The minimum Gasteiger partial charge on any atom is -0.465 e. The third-order valence-electron chi connectivity index (χ3n) is 3.04. The van der Waals surface area contributed by atoms with Gasteiger partial charge >= 0.3 is 0 Å². The van der Waals surface area contributed by atoms with Gasteiger partial charge in [0.25, 0.3) is 5.91 Å². The van der Waals surface area contributed by atoms with Crippen molar-refractivity contribution in [3.63, 3.8) is 0 Å². The Morgan fingerprint density at radius 1 is 1.23 bits per heavy atom. The van der Waals surface area contributed by atoms with E-state index >= 15 is 0 Å². The van der Waals surface area contributed by atoms with Gasteiger partial charge in [-0.15, -0.1) is 0 Å². The molecule has 0 radical (unpaired) electrons. The molecule has 110 valence electrons. The van der Waals surface area contributed by atoms with E-state index in [1.165, 1.54) is 11.8 Å². The molecule has 3 rings (SSSR count). The van der Waals surface area contributed by atoms with Crippen LogP contribution >= 0.6 is 11.8 Å². The Labute approximate surface area is 132 Å². The number of aryl methyl sites for hydroxylation is 1. The van der Waals surface area contributed by atoms with Gasteiger partial charge in [0, 0.05) is 0 Å². The summed E-state index contributed by atoms with van der Waals surface area (Å²) in [6.07, 6.45) is 6.95. The lowest BCUT2D eigenvalue weighted by Crippen LogP contribution is -2.19. The minimum absolute atomic E-state index is 0.138. The molecule has 2 aromatic rings. The number of benzene rings is 1. The van der Waals surface area contributed by atoms with Gasteiger partial charge in [-0.05, 0) is 54.6 Å². The van der Waals surface area contributed by atoms with E-state index in [1.54, 1.807) is 24.5 Å². The van der Waals surface area contributed by atoms with E-state index in [1.807, 2.05) is 43.3 Å². The second kappa shape index (κ2) is 6.49. The average molecular weight is 310 g/mol. The molecule has 1 aliphatic heterocycles. The van der Waals surface area contributed by atoms with E-state index in [9.17, 15) is 4.79 Å². The Balaban J connectivity index is 1.74. The van der Waals surface area contributed by atoms with Gasteiger partial charge in [0.15, 0.2) is 5.17 Å². The van der Waals surface area contributed by atoms with Gasteiger partial charge in [0.2, 0.25) is 0 Å². The molecule has 1 aliphatic rings. The Kier molecular flexibility index (Phi) is 4.25. The first kappa shape index (κ1) is 14.4. The van der Waals surface area contributed by atoms with Crippen LogP contribution in [0, 0.1) is 6.92 Å². The maximum absolute atomic E-state index is 11.9. The zero-order valence-corrected chi connectivity index (χ0v) is 12.8. The van der Waals surface area contributed by atoms with Crippen molar-refractivity contribution in [2.75, 3.05) is 0 Å². The fourth-order valence-corrected chi connectivity index (χ4v) is 2.70. The van der Waals surface area contributed by atoms with Gasteiger partial charge in [0.05, 0.1) is 16.9 Å². The smallest absolute Gasteiger partial charge is 0.264 e. The van der Waals surface area contributed by atoms with Crippen molar-refractivity contribution in [3.8, 4) is 0 Å². The maximum atomic E-state index is 11.9. The van der Waals surface area contributed by atoms with Crippen molar-refractivity contribution in [2.45, 2.75) is 6.92 Å². The van der Waals surface area contributed by atoms with Gasteiger partial charge in [-0.3, -0.25) is 4.79 Å². The standard InChI is InChI=1S/C17H14N2O2S/c1-12-6-2-3-9-14(12)18-17-19-16(20)15(22-17)10-4-7-13-8-5-11-21-13/h2-11H,1H3,(H,18,19,20). The lowest BCUT2D eigenvalue weighted by molar-refractivity contribution is -0.115. The summed E-state index contributed by atoms with van der Waals surface area (Å²) in [6.45, 7) is 1.99. The number of amides is 1. The molecular weight excluding hydrogens is 296 g/mol. The van der Waals surface area contributed by atoms with Gasteiger partial charge in [0.1, 0.15) is 5.76 Å². The molecule has 0 aliphatic carbocycles. The number of hydrogen-bond acceptors (Lipinski definition) is 4. The molecule has 22 heavy (non-hydrogen) atoms. The van der Waals surface area contributed by atoms with E-state index < -0.39 is 0 Å². The number of carbonyl (C=O) groups is 1. The predicted molar refractivity (Wildman–Crippen MR) is 89.8 cm³/mol. The van der Waals surface area contributed by atoms with Crippen molar-refractivity contribution in [2.24, 2.45) is 4.99 Å². The minimum atomic E-state index is -0.138. The monoisotopic (exact) mass is 310 g/mol. The Bertz CT molecular complexity index is 774. The number of carbonyl (C=O) groups excluding carboxylic acids is 1. The zero-order valence-electron chi connectivity index (χ0n) is 11.9. The molecule has 1 N–H and O–H groups in total. The summed E-state index contributed by atoms with van der Waals surface area (Å²) < 4.78 is 5.19. The molecule has 0 spiro atoms. The van der Waals surface area contributed by atoms with E-state index in [4.69, 9.17) is 4.42 Å². The highest BCUT2D eigenvalue weighted by molar-refractivity contribution is 8.18. The molecule has 0 bridgehead atoms. The second-order valence-electron chi connectivity index (χ2n) is 4.67. The number of nitrogens with one attached hydrogen (secondary N) is 1. The third kappa shape index (κ3) is 3.38. The summed E-state index contributed by atoms with van der Waals surface area (Å²) in [5.74, 6) is 0.607. The van der Waals surface area contributed by atoms with E-state index in [-0.39, 0.29) is 5.91 Å². The fraction of sp³-hybridized carbons (Fsp3) is 0.0588. The van der Waals surface area contributed by atoms with Gasteiger partial charge < -0.3 is 9.73 Å². The van der Waals surface area contributed by atoms with Crippen molar-refractivity contribution in [1.29, 1.82) is 0 Å². The number of amidine groups is 1. The van der Waals surface area contributed by atoms with Crippen LogP contribution in [0.5, 0.6) is 0 Å². The molecule has 1 saturated heterocycles. The first-order chi connectivity index (χ1) is 10.7. The molecule has 1 aromatic heterocycles. The molecule has 1 aromatic carbocycles. The quantitative estimate of drug-likeness (QED) is 0.871. The zero-order chi connectivity index (χ0) is 15.4. The van der Waals surface area contributed by atoms with Crippen LogP contribution in [-0.2, 0) is 4.79 Å². The maximum Gasteiger partial charge on any atom is 0.264 e. The Morgan fingerprint density at radius 2 is 2.09 bits per heavy atom. The highest BCUT2D eigenvalue weighted by Gasteiger charge is 2.23. The number of hydrogen-bond donors (Lipinski definition) is 1. The summed E-state index contributed by atoms with van der Waals surface area (Å²) in [5, 5.41) is 3.37.